The second-order valence-corrected chi connectivity index (χ2v) is 10.6. The fourth-order valence-corrected chi connectivity index (χ4v) is 6.41. The van der Waals surface area contributed by atoms with Gasteiger partial charge < -0.3 is 8.98 Å². The van der Waals surface area contributed by atoms with Gasteiger partial charge in [-0.05, 0) is 49.9 Å². The van der Waals surface area contributed by atoms with Gasteiger partial charge in [-0.15, -0.1) is 11.3 Å². The molecule has 0 bridgehead atoms. The molecular formula is C29H30N4O2S. The Hall–Kier alpha value is -3.58. The Kier molecular flexibility index (Phi) is 5.80. The Labute approximate surface area is 213 Å². The van der Waals surface area contributed by atoms with E-state index in [-0.39, 0.29) is 5.56 Å². The third-order valence-corrected chi connectivity index (χ3v) is 8.39. The average molecular weight is 499 g/mol. The molecule has 1 saturated carbocycles. The first kappa shape index (κ1) is 22.9. The van der Waals surface area contributed by atoms with E-state index in [0.29, 0.717) is 17.6 Å². The highest BCUT2D eigenvalue weighted by Gasteiger charge is 2.27. The summed E-state index contributed by atoms with van der Waals surface area (Å²) in [5.41, 5.74) is 3.96. The SMILES string of the molecule is Cc1c(N=c2scc(-c3cc4ccccc4o3)n2C2CCCCC2C)c(=O)n(-c2ccccc2)n1C. The van der Waals surface area contributed by atoms with Crippen molar-refractivity contribution in [3.63, 3.8) is 0 Å². The molecule has 6 nitrogen and oxygen atoms in total. The molecule has 3 aromatic heterocycles. The molecule has 0 N–H and O–H groups in total. The Bertz CT molecular complexity index is 1630. The Morgan fingerprint density at radius 2 is 1.78 bits per heavy atom. The standard InChI is InChI=1S/C29H30N4O2S/c1-19-11-7-9-15-23(19)32-24(26-17-21-12-8-10-16-25(21)35-26)18-36-29(32)30-27-20(2)31(3)33(28(27)34)22-13-5-4-6-14-22/h4-6,8,10,12-14,16-19,23H,7,9,11,15H2,1-3H3. The zero-order valence-electron chi connectivity index (χ0n) is 20.8. The molecule has 36 heavy (non-hydrogen) atoms. The van der Waals surface area contributed by atoms with E-state index in [4.69, 9.17) is 9.41 Å². The third kappa shape index (κ3) is 3.78. The first-order valence-electron chi connectivity index (χ1n) is 12.6. The van der Waals surface area contributed by atoms with Crippen molar-refractivity contribution in [2.24, 2.45) is 18.0 Å². The third-order valence-electron chi connectivity index (χ3n) is 7.55. The molecule has 2 unspecified atom stereocenters. The first-order valence-corrected chi connectivity index (χ1v) is 13.5. The maximum atomic E-state index is 13.6. The van der Waals surface area contributed by atoms with E-state index in [0.717, 1.165) is 45.0 Å². The summed E-state index contributed by atoms with van der Waals surface area (Å²) in [5, 5.41) is 3.22. The summed E-state index contributed by atoms with van der Waals surface area (Å²) in [6.07, 6.45) is 4.74. The van der Waals surface area contributed by atoms with Crippen LogP contribution >= 0.6 is 11.3 Å². The lowest BCUT2D eigenvalue weighted by Gasteiger charge is -2.31. The smallest absolute Gasteiger partial charge is 0.297 e. The molecule has 3 heterocycles. The number of para-hydroxylation sites is 2. The number of thiazole rings is 1. The van der Waals surface area contributed by atoms with E-state index in [1.54, 1.807) is 16.0 Å². The number of hydrogen-bond donors (Lipinski definition) is 0. The number of aromatic nitrogens is 3. The molecule has 0 radical (unpaired) electrons. The fraction of sp³-hybridized carbons (Fsp3) is 0.310. The molecule has 6 rings (SSSR count). The fourth-order valence-electron chi connectivity index (χ4n) is 5.47. The van der Waals surface area contributed by atoms with E-state index >= 15 is 0 Å². The summed E-state index contributed by atoms with van der Waals surface area (Å²) >= 11 is 1.58. The zero-order valence-corrected chi connectivity index (χ0v) is 21.7. The van der Waals surface area contributed by atoms with E-state index < -0.39 is 0 Å². The molecule has 2 aromatic carbocycles. The normalized spacial score (nSPS) is 18.8. The molecule has 5 aromatic rings. The van der Waals surface area contributed by atoms with Crippen LogP contribution in [0, 0.1) is 12.8 Å². The Balaban J connectivity index is 1.56. The van der Waals surface area contributed by atoms with Crippen LogP contribution < -0.4 is 10.4 Å². The van der Waals surface area contributed by atoms with Gasteiger partial charge in [-0.3, -0.25) is 9.48 Å². The quantitative estimate of drug-likeness (QED) is 0.275. The molecule has 0 aliphatic heterocycles. The van der Waals surface area contributed by atoms with Gasteiger partial charge in [-0.25, -0.2) is 9.67 Å². The minimum Gasteiger partial charge on any atom is -0.454 e. The predicted molar refractivity (Wildman–Crippen MR) is 145 cm³/mol. The van der Waals surface area contributed by atoms with Crippen LogP contribution in [0.3, 0.4) is 0 Å². The summed E-state index contributed by atoms with van der Waals surface area (Å²) in [7, 11) is 1.91. The van der Waals surface area contributed by atoms with Crippen LogP contribution in [0.1, 0.15) is 44.3 Å². The van der Waals surface area contributed by atoms with Crippen molar-refractivity contribution < 1.29 is 4.42 Å². The molecule has 184 valence electrons. The van der Waals surface area contributed by atoms with Crippen LogP contribution in [0.4, 0.5) is 5.69 Å². The summed E-state index contributed by atoms with van der Waals surface area (Å²) in [6.45, 7) is 4.29. The topological polar surface area (TPSA) is 57.4 Å². The lowest BCUT2D eigenvalue weighted by molar-refractivity contribution is 0.255. The first-order chi connectivity index (χ1) is 17.5. The Morgan fingerprint density at radius 3 is 2.56 bits per heavy atom. The van der Waals surface area contributed by atoms with Crippen molar-refractivity contribution in [2.75, 3.05) is 0 Å². The van der Waals surface area contributed by atoms with Gasteiger partial charge in [0.15, 0.2) is 16.2 Å². The number of rotatable bonds is 4. The van der Waals surface area contributed by atoms with Crippen LogP contribution in [-0.2, 0) is 7.05 Å². The number of nitrogens with zero attached hydrogens (tertiary/aromatic N) is 4. The van der Waals surface area contributed by atoms with Crippen LogP contribution in [0.25, 0.3) is 28.1 Å². The molecule has 1 fully saturated rings. The molecule has 0 spiro atoms. The van der Waals surface area contributed by atoms with Gasteiger partial charge in [0.25, 0.3) is 5.56 Å². The van der Waals surface area contributed by atoms with Gasteiger partial charge in [0.1, 0.15) is 5.58 Å². The molecule has 0 amide bonds. The van der Waals surface area contributed by atoms with Gasteiger partial charge in [-0.2, -0.15) is 0 Å². The van der Waals surface area contributed by atoms with Crippen LogP contribution in [-0.4, -0.2) is 13.9 Å². The second-order valence-electron chi connectivity index (χ2n) is 9.77. The minimum absolute atomic E-state index is 0.108. The molecule has 2 atom stereocenters. The van der Waals surface area contributed by atoms with E-state index in [1.807, 2.05) is 67.2 Å². The van der Waals surface area contributed by atoms with Crippen molar-refractivity contribution in [1.29, 1.82) is 0 Å². The highest BCUT2D eigenvalue weighted by Crippen LogP contribution is 2.37. The lowest BCUT2D eigenvalue weighted by Crippen LogP contribution is -2.29. The number of fused-ring (bicyclic) bond motifs is 1. The van der Waals surface area contributed by atoms with Crippen molar-refractivity contribution in [3.05, 3.63) is 86.9 Å². The van der Waals surface area contributed by atoms with Crippen LogP contribution in [0.2, 0.25) is 0 Å². The predicted octanol–water partition coefficient (Wildman–Crippen LogP) is 6.74. The highest BCUT2D eigenvalue weighted by atomic mass is 32.1. The summed E-state index contributed by atoms with van der Waals surface area (Å²) < 4.78 is 12.2. The number of hydrogen-bond acceptors (Lipinski definition) is 4. The minimum atomic E-state index is -0.108. The van der Waals surface area contributed by atoms with E-state index in [2.05, 4.69) is 29.0 Å². The van der Waals surface area contributed by atoms with Gasteiger partial charge in [0, 0.05) is 23.9 Å². The largest absolute Gasteiger partial charge is 0.454 e. The van der Waals surface area contributed by atoms with Crippen LogP contribution in [0.15, 0.2) is 80.2 Å². The highest BCUT2D eigenvalue weighted by molar-refractivity contribution is 7.07. The number of benzene rings is 2. The second kappa shape index (κ2) is 9.13. The van der Waals surface area contributed by atoms with Crippen molar-refractivity contribution in [3.8, 4) is 17.1 Å². The summed E-state index contributed by atoms with van der Waals surface area (Å²) in [6, 6.07) is 20.3. The maximum absolute atomic E-state index is 13.6. The van der Waals surface area contributed by atoms with Crippen molar-refractivity contribution in [2.45, 2.75) is 45.6 Å². The lowest BCUT2D eigenvalue weighted by atomic mass is 9.85. The van der Waals surface area contributed by atoms with E-state index in [9.17, 15) is 4.79 Å². The van der Waals surface area contributed by atoms with Gasteiger partial charge in [-0.1, -0.05) is 56.2 Å². The molecule has 1 aliphatic carbocycles. The van der Waals surface area contributed by atoms with Gasteiger partial charge in [0.05, 0.1) is 17.1 Å². The summed E-state index contributed by atoms with van der Waals surface area (Å²) in [5.74, 6) is 1.37. The van der Waals surface area contributed by atoms with Crippen molar-refractivity contribution >= 4 is 28.0 Å². The van der Waals surface area contributed by atoms with E-state index in [1.165, 1.54) is 19.3 Å². The monoisotopic (exact) mass is 498 g/mol. The maximum Gasteiger partial charge on any atom is 0.297 e. The molecule has 1 aliphatic rings. The number of furan rings is 1. The Morgan fingerprint density at radius 1 is 1.03 bits per heavy atom. The zero-order chi connectivity index (χ0) is 24.8. The average Bonchev–Trinajstić information content (AvgIpc) is 3.56. The molecular weight excluding hydrogens is 468 g/mol. The summed E-state index contributed by atoms with van der Waals surface area (Å²) in [4.78, 5) is 19.5. The van der Waals surface area contributed by atoms with Crippen molar-refractivity contribution in [1.82, 2.24) is 13.9 Å². The van der Waals surface area contributed by atoms with Crippen LogP contribution in [0.5, 0.6) is 0 Å². The van der Waals surface area contributed by atoms with Gasteiger partial charge >= 0.3 is 0 Å². The molecule has 0 saturated heterocycles. The molecule has 7 heteroatoms. The van der Waals surface area contributed by atoms with Gasteiger partial charge in [0.2, 0.25) is 0 Å².